The van der Waals surface area contributed by atoms with Gasteiger partial charge in [0.2, 0.25) is 0 Å². The summed E-state index contributed by atoms with van der Waals surface area (Å²) in [5, 5.41) is 14.3. The van der Waals surface area contributed by atoms with Gasteiger partial charge < -0.3 is 9.84 Å². The number of carbonyl (C=O) groups excluding carboxylic acids is 1. The Labute approximate surface area is 112 Å². The van der Waals surface area contributed by atoms with E-state index in [0.29, 0.717) is 17.7 Å². The Morgan fingerprint density at radius 3 is 2.84 bits per heavy atom. The second kappa shape index (κ2) is 6.09. The van der Waals surface area contributed by atoms with Crippen LogP contribution in [-0.2, 0) is 4.74 Å². The normalized spacial score (nSPS) is 10.4. The number of anilines is 1. The monoisotopic (exact) mass is 259 g/mol. The van der Waals surface area contributed by atoms with E-state index in [1.54, 1.807) is 12.1 Å². The van der Waals surface area contributed by atoms with Crippen LogP contribution in [0.4, 0.5) is 10.5 Å². The highest BCUT2D eigenvalue weighted by molar-refractivity contribution is 5.97. The summed E-state index contributed by atoms with van der Waals surface area (Å²) in [6.07, 6.45) is 1.25. The average molecular weight is 259 g/mol. The second-order valence-corrected chi connectivity index (χ2v) is 4.30. The molecule has 0 saturated carbocycles. The molecule has 0 aliphatic heterocycles. The first-order valence-corrected chi connectivity index (χ1v) is 6.37. The SMILES string of the molecule is CCCCOC(=O)Nc1ccc2ccccc2c1O. The fourth-order valence-electron chi connectivity index (χ4n) is 1.81. The molecule has 0 aliphatic carbocycles. The molecule has 4 heteroatoms. The van der Waals surface area contributed by atoms with Crippen molar-refractivity contribution in [3.63, 3.8) is 0 Å². The van der Waals surface area contributed by atoms with E-state index in [9.17, 15) is 9.90 Å². The maximum absolute atomic E-state index is 11.5. The minimum absolute atomic E-state index is 0.0607. The number of carbonyl (C=O) groups is 1. The quantitative estimate of drug-likeness (QED) is 0.646. The first-order valence-electron chi connectivity index (χ1n) is 6.37. The highest BCUT2D eigenvalue weighted by Crippen LogP contribution is 2.32. The van der Waals surface area contributed by atoms with Gasteiger partial charge >= 0.3 is 6.09 Å². The summed E-state index contributed by atoms with van der Waals surface area (Å²) in [6.45, 7) is 2.41. The summed E-state index contributed by atoms with van der Waals surface area (Å²) in [4.78, 5) is 11.5. The molecule has 0 unspecified atom stereocenters. The molecule has 0 radical (unpaired) electrons. The first kappa shape index (κ1) is 13.2. The van der Waals surface area contributed by atoms with Crippen molar-refractivity contribution in [2.24, 2.45) is 0 Å². The largest absolute Gasteiger partial charge is 0.505 e. The number of phenols is 1. The van der Waals surface area contributed by atoms with Crippen molar-refractivity contribution >= 4 is 22.6 Å². The van der Waals surface area contributed by atoms with Gasteiger partial charge in [-0.3, -0.25) is 5.32 Å². The molecule has 19 heavy (non-hydrogen) atoms. The second-order valence-electron chi connectivity index (χ2n) is 4.30. The molecule has 0 aliphatic rings. The van der Waals surface area contributed by atoms with E-state index in [1.807, 2.05) is 31.2 Å². The van der Waals surface area contributed by atoms with Crippen LogP contribution in [0.5, 0.6) is 5.75 Å². The summed E-state index contributed by atoms with van der Waals surface area (Å²) >= 11 is 0. The molecule has 0 atom stereocenters. The van der Waals surface area contributed by atoms with Crippen LogP contribution in [0.1, 0.15) is 19.8 Å². The van der Waals surface area contributed by atoms with E-state index in [4.69, 9.17) is 4.74 Å². The molecular formula is C15H17NO3. The van der Waals surface area contributed by atoms with Gasteiger partial charge in [-0.2, -0.15) is 0 Å². The predicted molar refractivity (Wildman–Crippen MR) is 75.5 cm³/mol. The maximum Gasteiger partial charge on any atom is 0.411 e. The molecule has 1 amide bonds. The number of ether oxygens (including phenoxy) is 1. The van der Waals surface area contributed by atoms with E-state index >= 15 is 0 Å². The number of unbranched alkanes of at least 4 members (excludes halogenated alkanes) is 1. The summed E-state index contributed by atoms with van der Waals surface area (Å²) in [6, 6.07) is 10.9. The first-order chi connectivity index (χ1) is 9.22. The van der Waals surface area contributed by atoms with E-state index in [2.05, 4.69) is 5.32 Å². The molecule has 0 saturated heterocycles. The number of benzene rings is 2. The molecule has 0 spiro atoms. The zero-order valence-corrected chi connectivity index (χ0v) is 10.8. The standard InChI is InChI=1S/C15H17NO3/c1-2-3-10-19-15(18)16-13-9-8-11-6-4-5-7-12(11)14(13)17/h4-9,17H,2-3,10H2,1H3,(H,16,18). The van der Waals surface area contributed by atoms with E-state index < -0.39 is 6.09 Å². The number of nitrogens with one attached hydrogen (secondary N) is 1. The maximum atomic E-state index is 11.5. The van der Waals surface area contributed by atoms with Gasteiger partial charge in [0, 0.05) is 5.39 Å². The van der Waals surface area contributed by atoms with Crippen LogP contribution in [-0.4, -0.2) is 17.8 Å². The third-order valence-corrected chi connectivity index (χ3v) is 2.87. The molecule has 0 aromatic heterocycles. The lowest BCUT2D eigenvalue weighted by Gasteiger charge is -2.10. The predicted octanol–water partition coefficient (Wildman–Crippen LogP) is 3.89. The smallest absolute Gasteiger partial charge is 0.411 e. The molecule has 2 rings (SSSR count). The summed E-state index contributed by atoms with van der Waals surface area (Å²) < 4.78 is 4.99. The average Bonchev–Trinajstić information content (AvgIpc) is 2.43. The van der Waals surface area contributed by atoms with Crippen molar-refractivity contribution in [2.75, 3.05) is 11.9 Å². The Morgan fingerprint density at radius 1 is 1.26 bits per heavy atom. The number of phenolic OH excluding ortho intramolecular Hbond substituents is 1. The molecule has 2 aromatic rings. The Kier molecular flexibility index (Phi) is 4.23. The Bertz CT molecular complexity index is 581. The molecule has 4 nitrogen and oxygen atoms in total. The van der Waals surface area contributed by atoms with Gasteiger partial charge in [0.15, 0.2) is 0 Å². The summed E-state index contributed by atoms with van der Waals surface area (Å²) in [5.74, 6) is 0.0607. The van der Waals surface area contributed by atoms with Crippen molar-refractivity contribution in [1.82, 2.24) is 0 Å². The van der Waals surface area contributed by atoms with Crippen LogP contribution in [0.15, 0.2) is 36.4 Å². The molecule has 2 aromatic carbocycles. The zero-order valence-electron chi connectivity index (χ0n) is 10.8. The van der Waals surface area contributed by atoms with Crippen molar-refractivity contribution in [2.45, 2.75) is 19.8 Å². The molecule has 0 fully saturated rings. The Hall–Kier alpha value is -2.23. The van der Waals surface area contributed by atoms with Crippen molar-refractivity contribution in [3.8, 4) is 5.75 Å². The highest BCUT2D eigenvalue weighted by atomic mass is 16.5. The summed E-state index contributed by atoms with van der Waals surface area (Å²) in [7, 11) is 0. The number of rotatable bonds is 4. The van der Waals surface area contributed by atoms with Crippen molar-refractivity contribution < 1.29 is 14.6 Å². The van der Waals surface area contributed by atoms with Gasteiger partial charge in [0.25, 0.3) is 0 Å². The number of amides is 1. The van der Waals surface area contributed by atoms with Gasteiger partial charge in [0.1, 0.15) is 5.75 Å². The van der Waals surface area contributed by atoms with Crippen molar-refractivity contribution in [3.05, 3.63) is 36.4 Å². The van der Waals surface area contributed by atoms with Crippen LogP contribution in [0, 0.1) is 0 Å². The van der Waals surface area contributed by atoms with E-state index in [-0.39, 0.29) is 5.75 Å². The van der Waals surface area contributed by atoms with Crippen molar-refractivity contribution in [1.29, 1.82) is 0 Å². The minimum Gasteiger partial charge on any atom is -0.505 e. The number of fused-ring (bicyclic) bond motifs is 1. The number of aromatic hydroxyl groups is 1. The highest BCUT2D eigenvalue weighted by Gasteiger charge is 2.09. The number of hydrogen-bond donors (Lipinski definition) is 2. The Morgan fingerprint density at radius 2 is 2.05 bits per heavy atom. The van der Waals surface area contributed by atoms with E-state index in [0.717, 1.165) is 18.2 Å². The van der Waals surface area contributed by atoms with Gasteiger partial charge in [-0.25, -0.2) is 4.79 Å². The number of hydrogen-bond acceptors (Lipinski definition) is 3. The zero-order chi connectivity index (χ0) is 13.7. The van der Waals surface area contributed by atoms with Crippen LogP contribution in [0.3, 0.4) is 0 Å². The minimum atomic E-state index is -0.543. The summed E-state index contributed by atoms with van der Waals surface area (Å²) in [5.41, 5.74) is 0.361. The van der Waals surface area contributed by atoms with Gasteiger partial charge in [-0.05, 0) is 17.9 Å². The lowest BCUT2D eigenvalue weighted by atomic mass is 10.1. The van der Waals surface area contributed by atoms with Gasteiger partial charge in [-0.15, -0.1) is 0 Å². The molecule has 0 bridgehead atoms. The van der Waals surface area contributed by atoms with E-state index in [1.165, 1.54) is 0 Å². The third kappa shape index (κ3) is 3.16. The van der Waals surface area contributed by atoms with Gasteiger partial charge in [0.05, 0.1) is 12.3 Å². The fourth-order valence-corrected chi connectivity index (χ4v) is 1.81. The van der Waals surface area contributed by atoms with Crippen LogP contribution in [0.25, 0.3) is 10.8 Å². The Balaban J connectivity index is 2.12. The van der Waals surface area contributed by atoms with Gasteiger partial charge in [-0.1, -0.05) is 43.7 Å². The molecule has 0 heterocycles. The molecular weight excluding hydrogens is 242 g/mol. The van der Waals surface area contributed by atoms with Crippen LogP contribution >= 0.6 is 0 Å². The molecule has 2 N–H and O–H groups in total. The lowest BCUT2D eigenvalue weighted by molar-refractivity contribution is 0.160. The lowest BCUT2D eigenvalue weighted by Crippen LogP contribution is -2.14. The van der Waals surface area contributed by atoms with Crippen LogP contribution in [0.2, 0.25) is 0 Å². The third-order valence-electron chi connectivity index (χ3n) is 2.87. The molecule has 100 valence electrons. The van der Waals surface area contributed by atoms with Crippen LogP contribution < -0.4 is 5.32 Å². The topological polar surface area (TPSA) is 58.6 Å². The fraction of sp³-hybridized carbons (Fsp3) is 0.267.